The summed E-state index contributed by atoms with van der Waals surface area (Å²) in [6.07, 6.45) is 3.53. The average Bonchev–Trinajstić information content (AvgIpc) is 2.93. The first kappa shape index (κ1) is 13.8. The molecule has 0 saturated carbocycles. The van der Waals surface area contributed by atoms with Crippen molar-refractivity contribution in [3.63, 3.8) is 0 Å². The molecule has 2 atom stereocenters. The van der Waals surface area contributed by atoms with Crippen LogP contribution in [0.2, 0.25) is 0 Å². The molecule has 104 valence electrons. The van der Waals surface area contributed by atoms with Crippen molar-refractivity contribution in [2.45, 2.75) is 57.5 Å². The van der Waals surface area contributed by atoms with E-state index in [9.17, 15) is 4.79 Å². The predicted octanol–water partition coefficient (Wildman–Crippen LogP) is 1.64. The highest BCUT2D eigenvalue weighted by Gasteiger charge is 2.51. The molecule has 0 aliphatic carbocycles. The molecule has 2 heterocycles. The van der Waals surface area contributed by atoms with Crippen molar-refractivity contribution < 1.29 is 23.7 Å². The second kappa shape index (κ2) is 5.99. The Kier molecular flexibility index (Phi) is 4.59. The first-order valence-corrected chi connectivity index (χ1v) is 6.73. The van der Waals surface area contributed by atoms with E-state index in [-0.39, 0.29) is 18.2 Å². The van der Waals surface area contributed by atoms with Gasteiger partial charge in [-0.05, 0) is 19.3 Å². The summed E-state index contributed by atoms with van der Waals surface area (Å²) in [4.78, 5) is 10.6. The Bertz CT molecular complexity index is 285. The van der Waals surface area contributed by atoms with Gasteiger partial charge in [-0.3, -0.25) is 4.79 Å². The number of hydrogen-bond acceptors (Lipinski definition) is 5. The second-order valence-electron chi connectivity index (χ2n) is 4.85. The van der Waals surface area contributed by atoms with Gasteiger partial charge in [-0.1, -0.05) is 6.92 Å². The molecule has 5 heteroatoms. The van der Waals surface area contributed by atoms with Crippen LogP contribution in [0.15, 0.2) is 0 Å². The third kappa shape index (κ3) is 3.02. The zero-order chi connectivity index (χ0) is 13.0. The molecule has 0 aromatic rings. The van der Waals surface area contributed by atoms with Crippen molar-refractivity contribution in [3.8, 4) is 0 Å². The van der Waals surface area contributed by atoms with E-state index < -0.39 is 5.79 Å². The minimum atomic E-state index is -0.513. The Labute approximate surface area is 108 Å². The minimum Gasteiger partial charge on any atom is -0.466 e. The molecule has 0 N–H and O–H groups in total. The van der Waals surface area contributed by atoms with Gasteiger partial charge in [0.2, 0.25) is 0 Å². The van der Waals surface area contributed by atoms with E-state index in [0.717, 1.165) is 25.7 Å². The predicted molar refractivity (Wildman–Crippen MR) is 64.1 cm³/mol. The number of rotatable bonds is 5. The van der Waals surface area contributed by atoms with Gasteiger partial charge in [-0.2, -0.15) is 0 Å². The maximum absolute atomic E-state index is 10.6. The summed E-state index contributed by atoms with van der Waals surface area (Å²) in [7, 11) is 0. The van der Waals surface area contributed by atoms with E-state index in [1.54, 1.807) is 0 Å². The quantitative estimate of drug-likeness (QED) is 0.554. The molecule has 2 aliphatic rings. The summed E-state index contributed by atoms with van der Waals surface area (Å²) in [5.74, 6) is -0.742. The fraction of sp³-hybridized carbons (Fsp3) is 0.923. The van der Waals surface area contributed by atoms with Gasteiger partial charge in [0, 0.05) is 13.3 Å². The summed E-state index contributed by atoms with van der Waals surface area (Å²) in [5.41, 5.74) is 0. The molecule has 0 bridgehead atoms. The molecule has 0 aromatic carbocycles. The van der Waals surface area contributed by atoms with Crippen LogP contribution in [0, 0.1) is 0 Å². The Morgan fingerprint density at radius 2 is 2.11 bits per heavy atom. The van der Waals surface area contributed by atoms with E-state index in [0.29, 0.717) is 19.8 Å². The van der Waals surface area contributed by atoms with Crippen molar-refractivity contribution in [3.05, 3.63) is 0 Å². The maximum atomic E-state index is 10.6. The number of esters is 1. The molecule has 5 nitrogen and oxygen atoms in total. The van der Waals surface area contributed by atoms with E-state index >= 15 is 0 Å². The lowest BCUT2D eigenvalue weighted by Gasteiger charge is -2.26. The van der Waals surface area contributed by atoms with Gasteiger partial charge >= 0.3 is 5.97 Å². The number of carbonyl (C=O) groups excluding carboxylic acids is 1. The summed E-state index contributed by atoms with van der Waals surface area (Å²) >= 11 is 0. The SMILES string of the molecule is CC[C@@H]1O[C@H](CCCOC(C)=O)CC12OCCO2. The van der Waals surface area contributed by atoms with Gasteiger partial charge < -0.3 is 18.9 Å². The maximum Gasteiger partial charge on any atom is 0.302 e. The smallest absolute Gasteiger partial charge is 0.302 e. The van der Waals surface area contributed by atoms with Crippen LogP contribution in [0.5, 0.6) is 0 Å². The molecule has 0 radical (unpaired) electrons. The average molecular weight is 258 g/mol. The molecule has 0 unspecified atom stereocenters. The Balaban J connectivity index is 1.77. The highest BCUT2D eigenvalue weighted by molar-refractivity contribution is 5.65. The molecule has 2 rings (SSSR count). The van der Waals surface area contributed by atoms with Gasteiger partial charge in [0.15, 0.2) is 5.79 Å². The Hall–Kier alpha value is -0.650. The van der Waals surface area contributed by atoms with Crippen molar-refractivity contribution in [1.82, 2.24) is 0 Å². The minimum absolute atomic E-state index is 0.0266. The standard InChI is InChI=1S/C13H22O5/c1-3-12-13(16-7-8-17-13)9-11(18-12)5-4-6-15-10(2)14/h11-12H,3-9H2,1-2H3/t11-,12+/m1/s1. The lowest BCUT2D eigenvalue weighted by molar-refractivity contribution is -0.190. The molecule has 2 aliphatic heterocycles. The van der Waals surface area contributed by atoms with Crippen LogP contribution >= 0.6 is 0 Å². The molecule has 1 spiro atoms. The molecule has 18 heavy (non-hydrogen) atoms. The van der Waals surface area contributed by atoms with Gasteiger partial charge in [0.25, 0.3) is 0 Å². The Morgan fingerprint density at radius 3 is 2.72 bits per heavy atom. The Morgan fingerprint density at radius 1 is 1.39 bits per heavy atom. The monoisotopic (exact) mass is 258 g/mol. The van der Waals surface area contributed by atoms with Crippen molar-refractivity contribution in [2.75, 3.05) is 19.8 Å². The normalized spacial score (nSPS) is 29.9. The molecule has 0 amide bonds. The van der Waals surface area contributed by atoms with Crippen LogP contribution in [-0.4, -0.2) is 43.8 Å². The second-order valence-corrected chi connectivity index (χ2v) is 4.85. The highest BCUT2D eigenvalue weighted by Crippen LogP contribution is 2.40. The molecule has 0 aromatic heterocycles. The third-order valence-electron chi connectivity index (χ3n) is 3.48. The van der Waals surface area contributed by atoms with Crippen LogP contribution < -0.4 is 0 Å². The summed E-state index contributed by atoms with van der Waals surface area (Å²) in [6.45, 7) is 5.27. The first-order chi connectivity index (χ1) is 8.66. The van der Waals surface area contributed by atoms with Crippen molar-refractivity contribution in [1.29, 1.82) is 0 Å². The lowest BCUT2D eigenvalue weighted by Crippen LogP contribution is -2.38. The van der Waals surface area contributed by atoms with Crippen LogP contribution in [0.3, 0.4) is 0 Å². The van der Waals surface area contributed by atoms with Gasteiger partial charge in [-0.25, -0.2) is 0 Å². The van der Waals surface area contributed by atoms with Crippen molar-refractivity contribution >= 4 is 5.97 Å². The molecular weight excluding hydrogens is 236 g/mol. The molecular formula is C13H22O5. The van der Waals surface area contributed by atoms with Crippen molar-refractivity contribution in [2.24, 2.45) is 0 Å². The van der Waals surface area contributed by atoms with Gasteiger partial charge in [0.05, 0.1) is 25.9 Å². The lowest BCUT2D eigenvalue weighted by atomic mass is 10.0. The van der Waals surface area contributed by atoms with Crippen LogP contribution in [0.25, 0.3) is 0 Å². The van der Waals surface area contributed by atoms with Crippen LogP contribution in [-0.2, 0) is 23.7 Å². The number of ether oxygens (including phenoxy) is 4. The van der Waals surface area contributed by atoms with E-state index in [1.807, 2.05) is 0 Å². The summed E-state index contributed by atoms with van der Waals surface area (Å²) < 4.78 is 22.4. The number of carbonyl (C=O) groups is 1. The van der Waals surface area contributed by atoms with Gasteiger partial charge in [0.1, 0.15) is 6.10 Å². The van der Waals surface area contributed by atoms with E-state index in [1.165, 1.54) is 6.92 Å². The summed E-state index contributed by atoms with van der Waals surface area (Å²) in [5, 5.41) is 0. The molecule has 2 saturated heterocycles. The zero-order valence-electron chi connectivity index (χ0n) is 11.1. The molecule has 2 fully saturated rings. The third-order valence-corrected chi connectivity index (χ3v) is 3.48. The van der Waals surface area contributed by atoms with E-state index in [2.05, 4.69) is 6.92 Å². The highest BCUT2D eigenvalue weighted by atomic mass is 16.8. The fourth-order valence-corrected chi connectivity index (χ4v) is 2.71. The topological polar surface area (TPSA) is 54.0 Å². The van der Waals surface area contributed by atoms with Crippen LogP contribution in [0.1, 0.15) is 39.5 Å². The first-order valence-electron chi connectivity index (χ1n) is 6.73. The largest absolute Gasteiger partial charge is 0.466 e. The summed E-state index contributed by atoms with van der Waals surface area (Å²) in [6, 6.07) is 0. The fourth-order valence-electron chi connectivity index (χ4n) is 2.71. The van der Waals surface area contributed by atoms with Crippen LogP contribution in [0.4, 0.5) is 0 Å². The van der Waals surface area contributed by atoms with Gasteiger partial charge in [-0.15, -0.1) is 0 Å². The number of hydrogen-bond donors (Lipinski definition) is 0. The zero-order valence-corrected chi connectivity index (χ0v) is 11.1. The van der Waals surface area contributed by atoms with E-state index in [4.69, 9.17) is 18.9 Å².